The van der Waals surface area contributed by atoms with Crippen LogP contribution in [0.1, 0.15) is 22.5 Å². The summed E-state index contributed by atoms with van der Waals surface area (Å²) in [4.78, 5) is 24.0. The quantitative estimate of drug-likeness (QED) is 0.760. The lowest BCUT2D eigenvalue weighted by atomic mass is 10.1. The summed E-state index contributed by atoms with van der Waals surface area (Å²) in [6.45, 7) is 0.473. The zero-order valence-corrected chi connectivity index (χ0v) is 13.5. The Bertz CT molecular complexity index is 718. The van der Waals surface area contributed by atoms with Gasteiger partial charge in [-0.3, -0.25) is 9.59 Å². The van der Waals surface area contributed by atoms with E-state index in [1.54, 1.807) is 0 Å². The molecule has 0 saturated carbocycles. The highest BCUT2D eigenvalue weighted by atomic mass is 79.9. The predicted octanol–water partition coefficient (Wildman–Crippen LogP) is 2.25. The number of piperidine rings is 1. The van der Waals surface area contributed by atoms with Gasteiger partial charge in [-0.25, -0.2) is 0 Å². The first kappa shape index (κ1) is 14.3. The molecule has 1 aromatic carbocycles. The standard InChI is InChI=1S/C14H14BrN3O2S/c15-7-1-3-9-10(5-7)21-13(12(9)16)14(20)18-8-2-4-11(19)17-6-8/h1,3,5,8H,2,4,6,16H2,(H,17,19)(H,18,20). The van der Waals surface area contributed by atoms with Crippen LogP contribution in [0.2, 0.25) is 0 Å². The number of thiophene rings is 1. The van der Waals surface area contributed by atoms with E-state index in [1.165, 1.54) is 11.3 Å². The number of rotatable bonds is 2. The molecule has 3 rings (SSSR count). The number of anilines is 1. The molecule has 2 aromatic rings. The van der Waals surface area contributed by atoms with E-state index in [2.05, 4.69) is 26.6 Å². The first-order chi connectivity index (χ1) is 10.0. The van der Waals surface area contributed by atoms with E-state index in [4.69, 9.17) is 5.73 Å². The third-order valence-electron chi connectivity index (χ3n) is 3.50. The molecule has 1 aliphatic rings. The molecule has 2 heterocycles. The van der Waals surface area contributed by atoms with Gasteiger partial charge in [0.2, 0.25) is 5.91 Å². The molecule has 0 radical (unpaired) electrons. The van der Waals surface area contributed by atoms with Crippen LogP contribution in [0, 0.1) is 0 Å². The van der Waals surface area contributed by atoms with Crippen LogP contribution in [0.3, 0.4) is 0 Å². The molecule has 2 amide bonds. The first-order valence-electron chi connectivity index (χ1n) is 6.59. The zero-order chi connectivity index (χ0) is 15.0. The Balaban J connectivity index is 1.81. The monoisotopic (exact) mass is 367 g/mol. The third kappa shape index (κ3) is 2.89. The molecule has 110 valence electrons. The van der Waals surface area contributed by atoms with Gasteiger partial charge in [0, 0.05) is 33.6 Å². The van der Waals surface area contributed by atoms with E-state index in [-0.39, 0.29) is 17.9 Å². The van der Waals surface area contributed by atoms with Gasteiger partial charge in [0.05, 0.1) is 5.69 Å². The summed E-state index contributed by atoms with van der Waals surface area (Å²) < 4.78 is 1.93. The van der Waals surface area contributed by atoms with Crippen molar-refractivity contribution in [1.29, 1.82) is 0 Å². The van der Waals surface area contributed by atoms with Crippen LogP contribution < -0.4 is 16.4 Å². The van der Waals surface area contributed by atoms with E-state index in [0.29, 0.717) is 30.0 Å². The van der Waals surface area contributed by atoms with Crippen LogP contribution in [0.25, 0.3) is 10.1 Å². The van der Waals surface area contributed by atoms with Crippen molar-refractivity contribution in [3.8, 4) is 0 Å². The minimum absolute atomic E-state index is 0.0340. The highest BCUT2D eigenvalue weighted by Crippen LogP contribution is 2.35. The Morgan fingerprint density at radius 2 is 2.29 bits per heavy atom. The Hall–Kier alpha value is -1.60. The van der Waals surface area contributed by atoms with E-state index in [0.717, 1.165) is 14.6 Å². The van der Waals surface area contributed by atoms with Crippen molar-refractivity contribution >= 4 is 54.9 Å². The summed E-state index contributed by atoms with van der Waals surface area (Å²) in [6, 6.07) is 5.73. The number of hydrogen-bond acceptors (Lipinski definition) is 4. The van der Waals surface area contributed by atoms with Crippen molar-refractivity contribution in [2.24, 2.45) is 0 Å². The Kier molecular flexibility index (Phi) is 3.86. The highest BCUT2D eigenvalue weighted by Gasteiger charge is 2.23. The molecular weight excluding hydrogens is 354 g/mol. The van der Waals surface area contributed by atoms with Gasteiger partial charge in [0.15, 0.2) is 0 Å². The van der Waals surface area contributed by atoms with E-state index >= 15 is 0 Å². The molecule has 4 N–H and O–H groups in total. The van der Waals surface area contributed by atoms with E-state index < -0.39 is 0 Å². The van der Waals surface area contributed by atoms with Crippen LogP contribution in [0.5, 0.6) is 0 Å². The van der Waals surface area contributed by atoms with Gasteiger partial charge in [-0.05, 0) is 18.6 Å². The summed E-state index contributed by atoms with van der Waals surface area (Å²) in [5.41, 5.74) is 6.60. The van der Waals surface area contributed by atoms with Gasteiger partial charge in [-0.1, -0.05) is 22.0 Å². The summed E-state index contributed by atoms with van der Waals surface area (Å²) in [5, 5.41) is 6.58. The van der Waals surface area contributed by atoms with Crippen LogP contribution in [-0.2, 0) is 4.79 Å². The lowest BCUT2D eigenvalue weighted by Gasteiger charge is -2.23. The van der Waals surface area contributed by atoms with Gasteiger partial charge < -0.3 is 16.4 Å². The fraction of sp³-hybridized carbons (Fsp3) is 0.286. The maximum atomic E-state index is 12.4. The Morgan fingerprint density at radius 3 is 3.00 bits per heavy atom. The summed E-state index contributed by atoms with van der Waals surface area (Å²) in [6.07, 6.45) is 1.10. The van der Waals surface area contributed by atoms with E-state index in [9.17, 15) is 9.59 Å². The van der Waals surface area contributed by atoms with Gasteiger partial charge in [-0.15, -0.1) is 11.3 Å². The molecule has 1 aliphatic heterocycles. The minimum atomic E-state index is -0.175. The molecule has 5 nitrogen and oxygen atoms in total. The normalized spacial score (nSPS) is 18.5. The molecule has 1 atom stereocenters. The van der Waals surface area contributed by atoms with Crippen molar-refractivity contribution < 1.29 is 9.59 Å². The van der Waals surface area contributed by atoms with Crippen LogP contribution >= 0.6 is 27.3 Å². The average Bonchev–Trinajstić information content (AvgIpc) is 2.78. The van der Waals surface area contributed by atoms with Gasteiger partial charge in [-0.2, -0.15) is 0 Å². The SMILES string of the molecule is Nc1c(C(=O)NC2CCC(=O)NC2)sc2cc(Br)ccc12. The first-order valence-corrected chi connectivity index (χ1v) is 8.20. The minimum Gasteiger partial charge on any atom is -0.397 e. The largest absolute Gasteiger partial charge is 0.397 e. The molecule has 0 aliphatic carbocycles. The molecule has 21 heavy (non-hydrogen) atoms. The molecule has 0 spiro atoms. The van der Waals surface area contributed by atoms with Gasteiger partial charge >= 0.3 is 0 Å². The predicted molar refractivity (Wildman–Crippen MR) is 87.4 cm³/mol. The zero-order valence-electron chi connectivity index (χ0n) is 11.1. The molecule has 1 aromatic heterocycles. The van der Waals surface area contributed by atoms with Gasteiger partial charge in [0.1, 0.15) is 4.88 Å². The third-order valence-corrected chi connectivity index (χ3v) is 5.16. The van der Waals surface area contributed by atoms with Gasteiger partial charge in [0.25, 0.3) is 5.91 Å². The van der Waals surface area contributed by atoms with Crippen LogP contribution in [0.15, 0.2) is 22.7 Å². The number of carbonyl (C=O) groups is 2. The summed E-state index contributed by atoms with van der Waals surface area (Å²) >= 11 is 4.79. The number of halogens is 1. The second-order valence-electron chi connectivity index (χ2n) is 5.00. The van der Waals surface area contributed by atoms with Crippen LogP contribution in [0.4, 0.5) is 5.69 Å². The number of nitrogens with two attached hydrogens (primary N) is 1. The number of carbonyl (C=O) groups excluding carboxylic acids is 2. The van der Waals surface area contributed by atoms with Crippen molar-refractivity contribution in [2.45, 2.75) is 18.9 Å². The maximum absolute atomic E-state index is 12.4. The van der Waals surface area contributed by atoms with Crippen molar-refractivity contribution in [1.82, 2.24) is 10.6 Å². The number of nitrogens with one attached hydrogen (secondary N) is 2. The lowest BCUT2D eigenvalue weighted by molar-refractivity contribution is -0.122. The van der Waals surface area contributed by atoms with Crippen molar-refractivity contribution in [3.63, 3.8) is 0 Å². The highest BCUT2D eigenvalue weighted by molar-refractivity contribution is 9.10. The molecule has 7 heteroatoms. The Labute approximate surface area is 134 Å². The average molecular weight is 368 g/mol. The lowest BCUT2D eigenvalue weighted by Crippen LogP contribution is -2.47. The number of benzene rings is 1. The maximum Gasteiger partial charge on any atom is 0.263 e. The second-order valence-corrected chi connectivity index (χ2v) is 6.97. The van der Waals surface area contributed by atoms with Crippen LogP contribution in [-0.4, -0.2) is 24.4 Å². The molecular formula is C14H14BrN3O2S. The number of nitrogen functional groups attached to an aromatic ring is 1. The summed E-state index contributed by atoms with van der Waals surface area (Å²) in [7, 11) is 0. The molecule has 0 bridgehead atoms. The number of fused-ring (bicyclic) bond motifs is 1. The fourth-order valence-electron chi connectivity index (χ4n) is 2.37. The van der Waals surface area contributed by atoms with Crippen molar-refractivity contribution in [2.75, 3.05) is 12.3 Å². The Morgan fingerprint density at radius 1 is 1.48 bits per heavy atom. The number of amides is 2. The summed E-state index contributed by atoms with van der Waals surface area (Å²) in [5.74, 6) is -0.141. The second kappa shape index (κ2) is 5.65. The topological polar surface area (TPSA) is 84.2 Å². The fourth-order valence-corrected chi connectivity index (χ4v) is 3.94. The smallest absolute Gasteiger partial charge is 0.263 e. The molecule has 1 fully saturated rings. The molecule has 1 unspecified atom stereocenters. The van der Waals surface area contributed by atoms with E-state index in [1.807, 2.05) is 18.2 Å². The number of hydrogen-bond donors (Lipinski definition) is 3. The van der Waals surface area contributed by atoms with Crippen molar-refractivity contribution in [3.05, 3.63) is 27.5 Å². The molecule has 1 saturated heterocycles.